The molecule has 0 amide bonds. The molecular weight excluding hydrogens is 300 g/mol. The molecule has 1 unspecified atom stereocenters. The maximum Gasteiger partial charge on any atom is 0.117 e. The Balaban J connectivity index is 2.81. The van der Waals surface area contributed by atoms with Gasteiger partial charge in [-0.15, -0.1) is 0 Å². The fourth-order valence-electron chi connectivity index (χ4n) is 1.78. The van der Waals surface area contributed by atoms with Crippen LogP contribution in [0.5, 0.6) is 0 Å². The SMILES string of the molecule is CCC(CC)C(C#N)Nc1ccc(Cl)c(Br)c1. The molecule has 0 aliphatic heterocycles. The number of hydrogen-bond donors (Lipinski definition) is 1. The van der Waals surface area contributed by atoms with Crippen molar-refractivity contribution in [1.82, 2.24) is 0 Å². The van der Waals surface area contributed by atoms with E-state index in [1.54, 1.807) is 0 Å². The zero-order valence-corrected chi connectivity index (χ0v) is 12.3. The van der Waals surface area contributed by atoms with Crippen molar-refractivity contribution in [2.45, 2.75) is 32.7 Å². The lowest BCUT2D eigenvalue weighted by molar-refractivity contribution is 0.469. The van der Waals surface area contributed by atoms with Crippen molar-refractivity contribution in [3.05, 3.63) is 27.7 Å². The lowest BCUT2D eigenvalue weighted by Crippen LogP contribution is -2.26. The molecule has 1 rings (SSSR count). The normalized spacial score (nSPS) is 12.2. The molecule has 1 atom stereocenters. The molecule has 0 fully saturated rings. The molecule has 0 bridgehead atoms. The summed E-state index contributed by atoms with van der Waals surface area (Å²) in [5.74, 6) is 0.370. The number of nitriles is 1. The third-order valence-corrected chi connectivity index (χ3v) is 4.11. The molecule has 0 heterocycles. The Bertz CT molecular complexity index is 410. The van der Waals surface area contributed by atoms with Gasteiger partial charge >= 0.3 is 0 Å². The van der Waals surface area contributed by atoms with Crippen LogP contribution in [0.2, 0.25) is 5.02 Å². The van der Waals surface area contributed by atoms with Crippen LogP contribution in [0.1, 0.15) is 26.7 Å². The van der Waals surface area contributed by atoms with Gasteiger partial charge in [0.15, 0.2) is 0 Å². The Kier molecular flexibility index (Phi) is 5.80. The minimum Gasteiger partial charge on any atom is -0.370 e. The summed E-state index contributed by atoms with van der Waals surface area (Å²) in [5, 5.41) is 13.1. The summed E-state index contributed by atoms with van der Waals surface area (Å²) in [6.07, 6.45) is 1.99. The molecule has 1 aromatic rings. The van der Waals surface area contributed by atoms with E-state index in [9.17, 15) is 5.26 Å². The second-order valence-electron chi connectivity index (χ2n) is 3.96. The Morgan fingerprint density at radius 2 is 2.06 bits per heavy atom. The van der Waals surface area contributed by atoms with Crippen LogP contribution in [0.25, 0.3) is 0 Å². The summed E-state index contributed by atoms with van der Waals surface area (Å²) in [6.45, 7) is 4.22. The van der Waals surface area contributed by atoms with Crippen molar-refractivity contribution in [2.24, 2.45) is 5.92 Å². The first kappa shape index (κ1) is 14.3. The van der Waals surface area contributed by atoms with Crippen LogP contribution < -0.4 is 5.32 Å². The van der Waals surface area contributed by atoms with Crippen LogP contribution in [0.15, 0.2) is 22.7 Å². The molecule has 0 aliphatic carbocycles. The smallest absolute Gasteiger partial charge is 0.117 e. The standard InChI is InChI=1S/C13H16BrClN2/c1-3-9(4-2)13(8-16)17-10-5-6-12(15)11(14)7-10/h5-7,9,13,17H,3-4H2,1-2H3. The van der Waals surface area contributed by atoms with Gasteiger partial charge in [0.05, 0.1) is 11.1 Å². The van der Waals surface area contributed by atoms with Gasteiger partial charge in [-0.25, -0.2) is 0 Å². The number of halogens is 2. The molecule has 0 saturated carbocycles. The number of anilines is 1. The van der Waals surface area contributed by atoms with Gasteiger partial charge < -0.3 is 5.32 Å². The maximum absolute atomic E-state index is 9.19. The van der Waals surface area contributed by atoms with E-state index in [4.69, 9.17) is 11.6 Å². The lowest BCUT2D eigenvalue weighted by Gasteiger charge is -2.21. The van der Waals surface area contributed by atoms with Crippen molar-refractivity contribution in [3.63, 3.8) is 0 Å². The van der Waals surface area contributed by atoms with E-state index in [0.29, 0.717) is 10.9 Å². The number of nitrogens with one attached hydrogen (secondary N) is 1. The summed E-state index contributed by atoms with van der Waals surface area (Å²) < 4.78 is 0.838. The fourth-order valence-corrected chi connectivity index (χ4v) is 2.28. The predicted molar refractivity (Wildman–Crippen MR) is 76.2 cm³/mol. The Labute approximate surface area is 116 Å². The largest absolute Gasteiger partial charge is 0.370 e. The number of benzene rings is 1. The average Bonchev–Trinajstić information content (AvgIpc) is 2.33. The molecule has 0 aromatic heterocycles. The number of hydrogen-bond acceptors (Lipinski definition) is 2. The summed E-state index contributed by atoms with van der Waals surface area (Å²) in [7, 11) is 0. The molecule has 1 N–H and O–H groups in total. The highest BCUT2D eigenvalue weighted by Gasteiger charge is 2.17. The van der Waals surface area contributed by atoms with E-state index in [-0.39, 0.29) is 6.04 Å². The van der Waals surface area contributed by atoms with Gasteiger partial charge in [-0.2, -0.15) is 5.26 Å². The Hall–Kier alpha value is -0.720. The zero-order chi connectivity index (χ0) is 12.8. The van der Waals surface area contributed by atoms with E-state index >= 15 is 0 Å². The second kappa shape index (κ2) is 6.88. The van der Waals surface area contributed by atoms with E-state index in [0.717, 1.165) is 23.0 Å². The van der Waals surface area contributed by atoms with E-state index in [1.807, 2.05) is 18.2 Å². The van der Waals surface area contributed by atoms with Crippen LogP contribution in [-0.4, -0.2) is 6.04 Å². The highest BCUT2D eigenvalue weighted by molar-refractivity contribution is 9.10. The third-order valence-electron chi connectivity index (χ3n) is 2.90. The minimum atomic E-state index is -0.155. The summed E-state index contributed by atoms with van der Waals surface area (Å²) in [4.78, 5) is 0. The third kappa shape index (κ3) is 3.90. The first-order valence-electron chi connectivity index (χ1n) is 5.73. The minimum absolute atomic E-state index is 0.155. The van der Waals surface area contributed by atoms with Crippen LogP contribution >= 0.6 is 27.5 Å². The Morgan fingerprint density at radius 3 is 2.53 bits per heavy atom. The molecule has 0 spiro atoms. The van der Waals surface area contributed by atoms with Gasteiger partial charge in [0.2, 0.25) is 0 Å². The number of rotatable bonds is 5. The number of nitrogens with zero attached hydrogens (tertiary/aromatic N) is 1. The van der Waals surface area contributed by atoms with Crippen LogP contribution in [0, 0.1) is 17.2 Å². The summed E-state index contributed by atoms with van der Waals surface area (Å²) >= 11 is 9.30. The second-order valence-corrected chi connectivity index (χ2v) is 5.22. The van der Waals surface area contributed by atoms with Crippen molar-refractivity contribution in [3.8, 4) is 6.07 Å². The zero-order valence-electron chi connectivity index (χ0n) is 10.0. The van der Waals surface area contributed by atoms with Gasteiger partial charge in [0.1, 0.15) is 6.04 Å². The topological polar surface area (TPSA) is 35.8 Å². The van der Waals surface area contributed by atoms with Crippen LogP contribution in [0.3, 0.4) is 0 Å². The summed E-state index contributed by atoms with van der Waals surface area (Å²) in [6, 6.07) is 7.77. The first-order valence-corrected chi connectivity index (χ1v) is 6.90. The molecule has 2 nitrogen and oxygen atoms in total. The molecule has 0 aliphatic rings. The molecular formula is C13H16BrClN2. The van der Waals surface area contributed by atoms with E-state index in [1.165, 1.54) is 0 Å². The van der Waals surface area contributed by atoms with Gasteiger partial charge in [-0.3, -0.25) is 0 Å². The first-order chi connectivity index (χ1) is 8.12. The van der Waals surface area contributed by atoms with Gasteiger partial charge in [-0.1, -0.05) is 38.3 Å². The van der Waals surface area contributed by atoms with Gasteiger partial charge in [0.25, 0.3) is 0 Å². The van der Waals surface area contributed by atoms with E-state index in [2.05, 4.69) is 41.2 Å². The molecule has 92 valence electrons. The van der Waals surface area contributed by atoms with Crippen LogP contribution in [-0.2, 0) is 0 Å². The monoisotopic (exact) mass is 314 g/mol. The molecule has 17 heavy (non-hydrogen) atoms. The fraction of sp³-hybridized carbons (Fsp3) is 0.462. The van der Waals surface area contributed by atoms with Crippen molar-refractivity contribution in [2.75, 3.05) is 5.32 Å². The molecule has 0 saturated heterocycles. The van der Waals surface area contributed by atoms with Crippen LogP contribution in [0.4, 0.5) is 5.69 Å². The van der Waals surface area contributed by atoms with Gasteiger partial charge in [-0.05, 0) is 40.0 Å². The highest BCUT2D eigenvalue weighted by Crippen LogP contribution is 2.27. The predicted octanol–water partition coefficient (Wildman–Crippen LogP) is 4.84. The molecule has 1 aromatic carbocycles. The quantitative estimate of drug-likeness (QED) is 0.843. The van der Waals surface area contributed by atoms with E-state index < -0.39 is 0 Å². The maximum atomic E-state index is 9.19. The van der Waals surface area contributed by atoms with Crippen molar-refractivity contribution < 1.29 is 0 Å². The molecule has 0 radical (unpaired) electrons. The van der Waals surface area contributed by atoms with Crippen molar-refractivity contribution >= 4 is 33.2 Å². The van der Waals surface area contributed by atoms with Gasteiger partial charge in [0, 0.05) is 10.2 Å². The van der Waals surface area contributed by atoms with Crippen molar-refractivity contribution in [1.29, 1.82) is 5.26 Å². The highest BCUT2D eigenvalue weighted by atomic mass is 79.9. The molecule has 4 heteroatoms. The lowest BCUT2D eigenvalue weighted by atomic mass is 9.95. The Morgan fingerprint density at radius 1 is 1.41 bits per heavy atom. The average molecular weight is 316 g/mol. The summed E-state index contributed by atoms with van der Waals surface area (Å²) in [5.41, 5.74) is 0.916.